The Morgan fingerprint density at radius 1 is 0.818 bits per heavy atom. The lowest BCUT2D eigenvalue weighted by Gasteiger charge is -2.17. The molecular weight excluding hydrogens is 426 g/mol. The largest absolute Gasteiger partial charge is 0.480 e. The van der Waals surface area contributed by atoms with Crippen LogP contribution < -0.4 is 0 Å². The summed E-state index contributed by atoms with van der Waals surface area (Å²) < 4.78 is 28.7. The standard InChI is InChI=1S/C25H16F2N4O2/c26-18-5-1-15(2-6-18)22-20-13-29-31(14-21(32)33)25(20)30-24(17-3-7-19(27)8-4-17)23(22)16-9-11-28-12-10-16/h1-13H,14H2,(H,32,33). The maximum absolute atomic E-state index is 13.7. The summed E-state index contributed by atoms with van der Waals surface area (Å²) >= 11 is 0. The first-order valence-electron chi connectivity index (χ1n) is 10.0. The van der Waals surface area contributed by atoms with Gasteiger partial charge in [-0.15, -0.1) is 0 Å². The highest BCUT2D eigenvalue weighted by Crippen LogP contribution is 2.43. The van der Waals surface area contributed by atoms with Crippen molar-refractivity contribution in [1.29, 1.82) is 0 Å². The highest BCUT2D eigenvalue weighted by molar-refractivity contribution is 6.06. The zero-order chi connectivity index (χ0) is 22.9. The van der Waals surface area contributed by atoms with E-state index in [1.807, 2.05) is 12.1 Å². The fraction of sp³-hybridized carbons (Fsp3) is 0.0400. The smallest absolute Gasteiger partial charge is 0.325 e. The van der Waals surface area contributed by atoms with Crippen molar-refractivity contribution in [3.8, 4) is 33.5 Å². The lowest BCUT2D eigenvalue weighted by atomic mass is 9.89. The van der Waals surface area contributed by atoms with Crippen LogP contribution in [0.15, 0.2) is 79.3 Å². The lowest BCUT2D eigenvalue weighted by molar-refractivity contribution is -0.137. The molecule has 0 radical (unpaired) electrons. The second-order valence-electron chi connectivity index (χ2n) is 7.39. The summed E-state index contributed by atoms with van der Waals surface area (Å²) in [5.41, 5.74) is 4.43. The number of fused-ring (bicyclic) bond motifs is 1. The van der Waals surface area contributed by atoms with E-state index in [-0.39, 0.29) is 18.2 Å². The number of aromatic nitrogens is 4. The van der Waals surface area contributed by atoms with E-state index in [0.29, 0.717) is 33.4 Å². The Bertz CT molecular complexity index is 1470. The minimum Gasteiger partial charge on any atom is -0.480 e. The van der Waals surface area contributed by atoms with Crippen LogP contribution in [0, 0.1) is 11.6 Å². The topological polar surface area (TPSA) is 80.9 Å². The molecule has 33 heavy (non-hydrogen) atoms. The van der Waals surface area contributed by atoms with Crippen LogP contribution in [0.25, 0.3) is 44.5 Å². The number of halogens is 2. The number of carboxylic acid groups (broad SMARTS) is 1. The van der Waals surface area contributed by atoms with Crippen molar-refractivity contribution in [3.63, 3.8) is 0 Å². The van der Waals surface area contributed by atoms with Crippen molar-refractivity contribution >= 4 is 17.0 Å². The van der Waals surface area contributed by atoms with Crippen LogP contribution in [0.2, 0.25) is 0 Å². The molecule has 8 heteroatoms. The number of pyridine rings is 2. The molecule has 0 amide bonds. The van der Waals surface area contributed by atoms with E-state index in [0.717, 1.165) is 11.1 Å². The maximum atomic E-state index is 13.7. The molecule has 3 aromatic heterocycles. The molecule has 1 N–H and O–H groups in total. The third kappa shape index (κ3) is 3.82. The maximum Gasteiger partial charge on any atom is 0.325 e. The number of aliphatic carboxylic acids is 1. The summed E-state index contributed by atoms with van der Waals surface area (Å²) in [4.78, 5) is 20.3. The molecule has 0 unspecified atom stereocenters. The number of carbonyl (C=O) groups is 1. The quantitative estimate of drug-likeness (QED) is 0.405. The van der Waals surface area contributed by atoms with Crippen molar-refractivity contribution in [3.05, 3.63) is 90.9 Å². The van der Waals surface area contributed by atoms with Gasteiger partial charge in [0, 0.05) is 34.5 Å². The molecule has 5 rings (SSSR count). The van der Waals surface area contributed by atoms with Gasteiger partial charge >= 0.3 is 5.97 Å². The van der Waals surface area contributed by atoms with Crippen molar-refractivity contribution in [1.82, 2.24) is 19.7 Å². The molecule has 0 aliphatic carbocycles. The molecule has 3 heterocycles. The number of rotatable bonds is 5. The van der Waals surface area contributed by atoms with Gasteiger partial charge in [-0.1, -0.05) is 12.1 Å². The normalized spacial score (nSPS) is 11.1. The molecule has 5 aromatic rings. The summed E-state index contributed by atoms with van der Waals surface area (Å²) in [6.07, 6.45) is 4.86. The van der Waals surface area contributed by atoms with Crippen LogP contribution in [0.1, 0.15) is 0 Å². The summed E-state index contributed by atoms with van der Waals surface area (Å²) in [7, 11) is 0. The number of hydrogen-bond acceptors (Lipinski definition) is 4. The fourth-order valence-electron chi connectivity index (χ4n) is 3.86. The van der Waals surface area contributed by atoms with Gasteiger partial charge in [0.1, 0.15) is 18.2 Å². The fourth-order valence-corrected chi connectivity index (χ4v) is 3.86. The summed E-state index contributed by atoms with van der Waals surface area (Å²) in [5.74, 6) is -1.83. The number of carboxylic acids is 1. The SMILES string of the molecule is O=C(O)Cn1ncc2c(-c3ccc(F)cc3)c(-c3ccncc3)c(-c3ccc(F)cc3)nc21. The highest BCUT2D eigenvalue weighted by atomic mass is 19.1. The van der Waals surface area contributed by atoms with E-state index in [9.17, 15) is 18.7 Å². The number of benzene rings is 2. The second kappa shape index (κ2) is 8.23. The van der Waals surface area contributed by atoms with Crippen LogP contribution in [0.3, 0.4) is 0 Å². The average Bonchev–Trinajstić information content (AvgIpc) is 3.21. The Hall–Kier alpha value is -4.46. The summed E-state index contributed by atoms with van der Waals surface area (Å²) in [6, 6.07) is 15.6. The molecular formula is C25H16F2N4O2. The molecule has 0 atom stereocenters. The van der Waals surface area contributed by atoms with Gasteiger partial charge in [-0.2, -0.15) is 5.10 Å². The lowest BCUT2D eigenvalue weighted by Crippen LogP contribution is -2.11. The Kier molecular flexibility index (Phi) is 5.10. The Labute approximate surface area is 186 Å². The molecule has 0 aliphatic heterocycles. The van der Waals surface area contributed by atoms with E-state index in [1.54, 1.807) is 42.9 Å². The minimum atomic E-state index is -1.06. The molecule has 162 valence electrons. The Morgan fingerprint density at radius 3 is 2.00 bits per heavy atom. The Balaban J connectivity index is 1.93. The molecule has 0 saturated heterocycles. The number of nitrogens with zero attached hydrogens (tertiary/aromatic N) is 4. The summed E-state index contributed by atoms with van der Waals surface area (Å²) in [5, 5.41) is 14.2. The van der Waals surface area contributed by atoms with E-state index < -0.39 is 5.97 Å². The van der Waals surface area contributed by atoms with Gasteiger partial charge in [-0.25, -0.2) is 18.4 Å². The van der Waals surface area contributed by atoms with Crippen LogP contribution in [-0.4, -0.2) is 30.8 Å². The van der Waals surface area contributed by atoms with Gasteiger partial charge < -0.3 is 5.11 Å². The van der Waals surface area contributed by atoms with Crippen molar-refractivity contribution in [2.24, 2.45) is 0 Å². The van der Waals surface area contributed by atoms with Crippen molar-refractivity contribution < 1.29 is 18.7 Å². The van der Waals surface area contributed by atoms with Crippen LogP contribution in [-0.2, 0) is 11.3 Å². The van der Waals surface area contributed by atoms with Gasteiger partial charge in [0.15, 0.2) is 5.65 Å². The molecule has 0 bridgehead atoms. The van der Waals surface area contributed by atoms with Gasteiger partial charge in [0.05, 0.1) is 11.9 Å². The van der Waals surface area contributed by atoms with Crippen LogP contribution >= 0.6 is 0 Å². The van der Waals surface area contributed by atoms with Gasteiger partial charge in [0.25, 0.3) is 0 Å². The van der Waals surface area contributed by atoms with Crippen LogP contribution in [0.5, 0.6) is 0 Å². The van der Waals surface area contributed by atoms with Crippen molar-refractivity contribution in [2.75, 3.05) is 0 Å². The molecule has 0 aliphatic rings. The average molecular weight is 442 g/mol. The third-order valence-corrected chi connectivity index (χ3v) is 5.29. The van der Waals surface area contributed by atoms with Gasteiger partial charge in [0.2, 0.25) is 0 Å². The van der Waals surface area contributed by atoms with E-state index in [2.05, 4.69) is 10.1 Å². The monoisotopic (exact) mass is 442 g/mol. The van der Waals surface area contributed by atoms with Gasteiger partial charge in [-0.3, -0.25) is 9.78 Å². The Morgan fingerprint density at radius 2 is 1.39 bits per heavy atom. The molecule has 6 nitrogen and oxygen atoms in total. The van der Waals surface area contributed by atoms with E-state index in [1.165, 1.54) is 28.9 Å². The predicted octanol–water partition coefficient (Wildman–Crippen LogP) is 5.19. The third-order valence-electron chi connectivity index (χ3n) is 5.29. The molecule has 0 spiro atoms. The van der Waals surface area contributed by atoms with Gasteiger partial charge in [-0.05, 0) is 59.7 Å². The first-order chi connectivity index (χ1) is 16.0. The zero-order valence-corrected chi connectivity index (χ0v) is 17.1. The molecule has 0 saturated carbocycles. The number of hydrogen-bond donors (Lipinski definition) is 1. The molecule has 0 fully saturated rings. The van der Waals surface area contributed by atoms with Crippen LogP contribution in [0.4, 0.5) is 8.78 Å². The predicted molar refractivity (Wildman–Crippen MR) is 119 cm³/mol. The zero-order valence-electron chi connectivity index (χ0n) is 17.1. The minimum absolute atomic E-state index is 0.355. The van der Waals surface area contributed by atoms with E-state index in [4.69, 9.17) is 4.98 Å². The second-order valence-corrected chi connectivity index (χ2v) is 7.39. The summed E-state index contributed by atoms with van der Waals surface area (Å²) in [6.45, 7) is -0.378. The first-order valence-corrected chi connectivity index (χ1v) is 10.0. The highest BCUT2D eigenvalue weighted by Gasteiger charge is 2.22. The first kappa shape index (κ1) is 20.4. The van der Waals surface area contributed by atoms with Crippen molar-refractivity contribution in [2.45, 2.75) is 6.54 Å². The van der Waals surface area contributed by atoms with E-state index >= 15 is 0 Å². The molecule has 2 aromatic carbocycles.